The van der Waals surface area contributed by atoms with E-state index in [1.165, 1.54) is 35.6 Å². The fourth-order valence-electron chi connectivity index (χ4n) is 4.13. The number of β-lactam (4-membered cyclic amide) rings is 1. The summed E-state index contributed by atoms with van der Waals surface area (Å²) in [5, 5.41) is 20.4. The number of pyridine rings is 1. The normalized spacial score (nSPS) is 19.4. The Morgan fingerprint density at radius 3 is 2.95 bits per heavy atom. The van der Waals surface area contributed by atoms with Crippen LogP contribution in [0.1, 0.15) is 15.4 Å². The first-order valence-electron chi connectivity index (χ1n) is 10.7. The van der Waals surface area contributed by atoms with Crippen molar-refractivity contribution >= 4 is 79.4 Å². The molecule has 2 amide bonds. The highest BCUT2D eigenvalue weighted by atomic mass is 32.2. The van der Waals surface area contributed by atoms with Crippen LogP contribution in [0, 0.1) is 0 Å². The SMILES string of the molecule is CON=C(C(=O)NC1C(=O)N2C(C(=O)[O-])=C(C[n+]3ccc4sc(C=O)cc4c3)CS[C@@H]12)c1csc(N)n1. The molecule has 0 radical (unpaired) electrons. The number of thioether (sulfide) groups is 1. The molecule has 1 fully saturated rings. The van der Waals surface area contributed by atoms with Crippen LogP contribution in [0.5, 0.6) is 0 Å². The van der Waals surface area contributed by atoms with E-state index in [-0.39, 0.29) is 28.8 Å². The standard InChI is InChI=1S/C22H18N6O6S3/c1-34-26-15(13-9-36-22(23)24-13)18(30)25-16-19(31)28-17(21(32)33)11(8-35-20(16)28)6-27-3-2-14-10(5-27)4-12(7-29)37-14/h2-5,7,9,16,20H,6,8H2,1H3,(H3-,23,24,25,30,32,33)/t16?,20-/m0/s1. The average Bonchev–Trinajstić information content (AvgIpc) is 3.50. The number of carbonyl (C=O) groups excluding carboxylic acids is 4. The maximum Gasteiger partial charge on any atom is 0.276 e. The van der Waals surface area contributed by atoms with Gasteiger partial charge in [-0.1, -0.05) is 5.16 Å². The highest BCUT2D eigenvalue weighted by Crippen LogP contribution is 2.40. The third kappa shape index (κ3) is 4.56. The maximum atomic E-state index is 13.0. The van der Waals surface area contributed by atoms with Gasteiger partial charge in [-0.2, -0.15) is 0 Å². The number of nitrogens with two attached hydrogens (primary N) is 1. The number of thiophene rings is 1. The number of carbonyl (C=O) groups is 4. The van der Waals surface area contributed by atoms with Crippen molar-refractivity contribution in [3.63, 3.8) is 0 Å². The summed E-state index contributed by atoms with van der Waals surface area (Å²) in [7, 11) is 1.27. The number of carboxylic acids is 1. The van der Waals surface area contributed by atoms with Crippen molar-refractivity contribution in [3.05, 3.63) is 51.7 Å². The number of hydrogen-bond acceptors (Lipinski definition) is 12. The minimum Gasteiger partial charge on any atom is -0.543 e. The molecule has 3 aromatic rings. The van der Waals surface area contributed by atoms with Crippen LogP contribution >= 0.6 is 34.4 Å². The molecule has 37 heavy (non-hydrogen) atoms. The predicted octanol–water partition coefficient (Wildman–Crippen LogP) is -0.505. The zero-order valence-corrected chi connectivity index (χ0v) is 21.5. The van der Waals surface area contributed by atoms with Gasteiger partial charge in [0.1, 0.15) is 24.2 Å². The van der Waals surface area contributed by atoms with Crippen molar-refractivity contribution in [3.8, 4) is 0 Å². The van der Waals surface area contributed by atoms with Gasteiger partial charge >= 0.3 is 0 Å². The van der Waals surface area contributed by atoms with Crippen molar-refractivity contribution < 1.29 is 33.7 Å². The first-order valence-corrected chi connectivity index (χ1v) is 13.4. The van der Waals surface area contributed by atoms with Gasteiger partial charge in [0.15, 0.2) is 36.1 Å². The Balaban J connectivity index is 1.36. The van der Waals surface area contributed by atoms with E-state index in [4.69, 9.17) is 10.6 Å². The summed E-state index contributed by atoms with van der Waals surface area (Å²) in [5.41, 5.74) is 5.97. The molecule has 3 N–H and O–H groups in total. The van der Waals surface area contributed by atoms with Crippen LogP contribution in [-0.2, 0) is 25.8 Å². The van der Waals surface area contributed by atoms with Gasteiger partial charge in [-0.15, -0.1) is 34.4 Å². The minimum atomic E-state index is -1.47. The van der Waals surface area contributed by atoms with Crippen LogP contribution in [-0.4, -0.2) is 63.9 Å². The topological polar surface area (TPSA) is 171 Å². The predicted molar refractivity (Wildman–Crippen MR) is 135 cm³/mol. The molecule has 0 bridgehead atoms. The molecular formula is C22H18N6O6S3. The van der Waals surface area contributed by atoms with E-state index in [1.807, 2.05) is 12.3 Å². The van der Waals surface area contributed by atoms with E-state index in [0.717, 1.165) is 32.6 Å². The maximum absolute atomic E-state index is 13.0. The Hall–Kier alpha value is -3.82. The van der Waals surface area contributed by atoms with Crippen LogP contribution in [0.2, 0.25) is 0 Å². The molecule has 2 aliphatic heterocycles. The van der Waals surface area contributed by atoms with Gasteiger partial charge in [0.05, 0.1) is 21.9 Å². The molecule has 0 spiro atoms. The van der Waals surface area contributed by atoms with E-state index < -0.39 is 29.2 Å². The molecule has 5 heterocycles. The molecule has 15 heteroatoms. The Labute approximate surface area is 221 Å². The summed E-state index contributed by atoms with van der Waals surface area (Å²) in [5.74, 6) is -2.45. The molecule has 5 rings (SSSR count). The number of hydrogen-bond donors (Lipinski definition) is 2. The molecule has 12 nitrogen and oxygen atoms in total. The lowest BCUT2D eigenvalue weighted by Crippen LogP contribution is -2.71. The fourth-order valence-corrected chi connectivity index (χ4v) is 6.86. The molecular weight excluding hydrogens is 540 g/mol. The number of nitrogens with one attached hydrogen (secondary N) is 1. The Bertz CT molecular complexity index is 1510. The van der Waals surface area contributed by atoms with Crippen LogP contribution in [0.3, 0.4) is 0 Å². The number of aliphatic carboxylic acids is 1. The van der Waals surface area contributed by atoms with Gasteiger partial charge in [-0.05, 0) is 6.07 Å². The molecule has 0 saturated carbocycles. The van der Waals surface area contributed by atoms with Gasteiger partial charge in [-0.25, -0.2) is 9.55 Å². The molecule has 2 aliphatic rings. The molecule has 3 aromatic heterocycles. The summed E-state index contributed by atoms with van der Waals surface area (Å²) in [4.78, 5) is 59.6. The second-order valence-corrected chi connectivity index (χ2v) is 11.1. The summed E-state index contributed by atoms with van der Waals surface area (Å²) in [6.07, 6.45) is 4.38. The number of anilines is 1. The number of thiazole rings is 1. The lowest BCUT2D eigenvalue weighted by molar-refractivity contribution is -0.687. The quantitative estimate of drug-likeness (QED) is 0.122. The zero-order valence-electron chi connectivity index (χ0n) is 19.1. The fraction of sp³-hybridized carbons (Fsp3) is 0.227. The lowest BCUT2D eigenvalue weighted by Gasteiger charge is -2.50. The van der Waals surface area contributed by atoms with Gasteiger partial charge < -0.3 is 25.8 Å². The van der Waals surface area contributed by atoms with Crippen molar-refractivity contribution in [2.75, 3.05) is 18.6 Å². The molecule has 2 atom stereocenters. The van der Waals surface area contributed by atoms with E-state index in [0.29, 0.717) is 16.2 Å². The molecule has 1 unspecified atom stereocenters. The third-order valence-electron chi connectivity index (χ3n) is 5.71. The zero-order chi connectivity index (χ0) is 26.3. The monoisotopic (exact) mass is 558 g/mol. The van der Waals surface area contributed by atoms with E-state index in [9.17, 15) is 24.3 Å². The second kappa shape index (κ2) is 9.91. The molecule has 190 valence electrons. The van der Waals surface area contributed by atoms with Crippen LogP contribution < -0.4 is 20.7 Å². The Morgan fingerprint density at radius 1 is 1.46 bits per heavy atom. The van der Waals surface area contributed by atoms with Crippen LogP contribution in [0.15, 0.2) is 46.3 Å². The summed E-state index contributed by atoms with van der Waals surface area (Å²) in [6.45, 7) is 0.210. The highest BCUT2D eigenvalue weighted by Gasteiger charge is 2.53. The summed E-state index contributed by atoms with van der Waals surface area (Å²) in [6, 6.07) is 2.64. The van der Waals surface area contributed by atoms with E-state index in [2.05, 4.69) is 15.5 Å². The average molecular weight is 559 g/mol. The number of carboxylic acid groups (broad SMARTS) is 1. The number of nitrogens with zero attached hydrogens (tertiary/aromatic N) is 4. The summed E-state index contributed by atoms with van der Waals surface area (Å²) >= 11 is 3.81. The first-order chi connectivity index (χ1) is 17.8. The van der Waals surface area contributed by atoms with Crippen molar-refractivity contribution in [2.45, 2.75) is 18.0 Å². The molecule has 0 aromatic carbocycles. The third-order valence-corrected chi connectivity index (χ3v) is 8.77. The number of aldehydes is 1. The van der Waals surface area contributed by atoms with E-state index >= 15 is 0 Å². The van der Waals surface area contributed by atoms with E-state index in [1.54, 1.807) is 16.8 Å². The minimum absolute atomic E-state index is 0.156. The number of aromatic nitrogens is 2. The largest absolute Gasteiger partial charge is 0.543 e. The van der Waals surface area contributed by atoms with Gasteiger partial charge in [-0.3, -0.25) is 19.3 Å². The van der Waals surface area contributed by atoms with Crippen LogP contribution in [0.25, 0.3) is 10.1 Å². The van der Waals surface area contributed by atoms with Gasteiger partial charge in [0, 0.05) is 27.5 Å². The highest BCUT2D eigenvalue weighted by molar-refractivity contribution is 8.00. The number of amides is 2. The van der Waals surface area contributed by atoms with Crippen LogP contribution in [0.4, 0.5) is 5.13 Å². The Kier molecular flexibility index (Phi) is 6.66. The lowest BCUT2D eigenvalue weighted by atomic mass is 10.0. The van der Waals surface area contributed by atoms with Crippen molar-refractivity contribution in [1.82, 2.24) is 15.2 Å². The number of rotatable bonds is 8. The number of fused-ring (bicyclic) bond motifs is 2. The number of nitrogen functional groups attached to an aromatic ring is 1. The smallest absolute Gasteiger partial charge is 0.276 e. The molecule has 1 saturated heterocycles. The first kappa shape index (κ1) is 24.9. The second-order valence-electron chi connectivity index (χ2n) is 8.00. The van der Waals surface area contributed by atoms with Gasteiger partial charge in [0.2, 0.25) is 0 Å². The summed E-state index contributed by atoms with van der Waals surface area (Å²) < 4.78 is 2.72. The van der Waals surface area contributed by atoms with Crippen molar-refractivity contribution in [1.29, 1.82) is 0 Å². The molecule has 0 aliphatic carbocycles. The van der Waals surface area contributed by atoms with Gasteiger partial charge in [0.25, 0.3) is 11.8 Å². The number of oxime groups is 1. The Morgan fingerprint density at radius 2 is 2.27 bits per heavy atom. The van der Waals surface area contributed by atoms with Crippen molar-refractivity contribution in [2.24, 2.45) is 5.16 Å².